The monoisotopic (exact) mass is 263 g/mol. The minimum absolute atomic E-state index is 0.0416. The van der Waals surface area contributed by atoms with E-state index in [0.29, 0.717) is 18.1 Å². The number of carbonyl (C=O) groups is 1. The first-order valence-corrected chi connectivity index (χ1v) is 6.68. The third-order valence-corrected chi connectivity index (χ3v) is 3.38. The van der Waals surface area contributed by atoms with Crippen LogP contribution in [0.3, 0.4) is 0 Å². The molecule has 1 N–H and O–H groups in total. The summed E-state index contributed by atoms with van der Waals surface area (Å²) in [7, 11) is 1.65. The second-order valence-corrected chi connectivity index (χ2v) is 5.15. The van der Waals surface area contributed by atoms with Gasteiger partial charge in [0.1, 0.15) is 5.75 Å². The average molecular weight is 263 g/mol. The molecular weight excluding hydrogens is 242 g/mol. The van der Waals surface area contributed by atoms with Gasteiger partial charge in [-0.25, -0.2) is 0 Å². The van der Waals surface area contributed by atoms with Crippen molar-refractivity contribution in [1.82, 2.24) is 5.32 Å². The smallest absolute Gasteiger partial charge is 0.251 e. The maximum Gasteiger partial charge on any atom is 0.251 e. The van der Waals surface area contributed by atoms with E-state index in [2.05, 4.69) is 19.2 Å². The Labute approximate surface area is 114 Å². The molecule has 1 aromatic rings. The Bertz CT molecular complexity index is 451. The SMILES string of the molecule is COc1ccc(C(=O)NC2CCOC2)cc1C(C)C. The van der Waals surface area contributed by atoms with Crippen molar-refractivity contribution in [2.45, 2.75) is 32.2 Å². The van der Waals surface area contributed by atoms with Crippen molar-refractivity contribution in [2.75, 3.05) is 20.3 Å². The van der Waals surface area contributed by atoms with Gasteiger partial charge in [-0.3, -0.25) is 4.79 Å². The lowest BCUT2D eigenvalue weighted by atomic mass is 9.99. The van der Waals surface area contributed by atoms with Crippen LogP contribution in [-0.2, 0) is 4.74 Å². The fourth-order valence-corrected chi connectivity index (χ4v) is 2.24. The Kier molecular flexibility index (Phi) is 4.43. The molecular formula is C15H21NO3. The van der Waals surface area contributed by atoms with Crippen LogP contribution in [0.25, 0.3) is 0 Å². The predicted octanol–water partition coefficient (Wildman–Crippen LogP) is 2.34. The van der Waals surface area contributed by atoms with Crippen LogP contribution in [0.4, 0.5) is 0 Å². The lowest BCUT2D eigenvalue weighted by Crippen LogP contribution is -2.35. The zero-order chi connectivity index (χ0) is 13.8. The molecule has 1 aromatic carbocycles. The normalized spacial score (nSPS) is 18.6. The van der Waals surface area contributed by atoms with E-state index in [1.807, 2.05) is 12.1 Å². The summed E-state index contributed by atoms with van der Waals surface area (Å²) in [6, 6.07) is 5.71. The van der Waals surface area contributed by atoms with Crippen LogP contribution < -0.4 is 10.1 Å². The molecule has 1 unspecified atom stereocenters. The van der Waals surface area contributed by atoms with Crippen LogP contribution in [0.15, 0.2) is 18.2 Å². The van der Waals surface area contributed by atoms with Gasteiger partial charge in [0, 0.05) is 12.2 Å². The molecule has 0 aliphatic carbocycles. The number of benzene rings is 1. The molecule has 19 heavy (non-hydrogen) atoms. The predicted molar refractivity (Wildman–Crippen MR) is 73.8 cm³/mol. The van der Waals surface area contributed by atoms with Gasteiger partial charge in [-0.2, -0.15) is 0 Å². The molecule has 2 rings (SSSR count). The number of hydrogen-bond acceptors (Lipinski definition) is 3. The zero-order valence-electron chi connectivity index (χ0n) is 11.7. The molecule has 1 saturated heterocycles. The van der Waals surface area contributed by atoms with Crippen molar-refractivity contribution in [3.05, 3.63) is 29.3 Å². The molecule has 0 radical (unpaired) electrons. The molecule has 1 fully saturated rings. The van der Waals surface area contributed by atoms with E-state index < -0.39 is 0 Å². The number of hydrogen-bond donors (Lipinski definition) is 1. The van der Waals surface area contributed by atoms with Gasteiger partial charge in [-0.15, -0.1) is 0 Å². The van der Waals surface area contributed by atoms with E-state index in [-0.39, 0.29) is 11.9 Å². The third-order valence-electron chi connectivity index (χ3n) is 3.38. The standard InChI is InChI=1S/C15H21NO3/c1-10(2)13-8-11(4-5-14(13)18-3)15(17)16-12-6-7-19-9-12/h4-5,8,10,12H,6-7,9H2,1-3H3,(H,16,17). The summed E-state index contributed by atoms with van der Waals surface area (Å²) in [5.41, 5.74) is 1.73. The largest absolute Gasteiger partial charge is 0.496 e. The molecule has 4 heteroatoms. The van der Waals surface area contributed by atoms with E-state index in [4.69, 9.17) is 9.47 Å². The van der Waals surface area contributed by atoms with Gasteiger partial charge in [0.15, 0.2) is 0 Å². The number of carbonyl (C=O) groups excluding carboxylic acids is 1. The van der Waals surface area contributed by atoms with Gasteiger partial charge in [0.25, 0.3) is 5.91 Å². The topological polar surface area (TPSA) is 47.6 Å². The highest BCUT2D eigenvalue weighted by molar-refractivity contribution is 5.94. The summed E-state index contributed by atoms with van der Waals surface area (Å²) in [6.45, 7) is 5.51. The van der Waals surface area contributed by atoms with Crippen molar-refractivity contribution in [2.24, 2.45) is 0 Å². The van der Waals surface area contributed by atoms with E-state index >= 15 is 0 Å². The molecule has 1 heterocycles. The quantitative estimate of drug-likeness (QED) is 0.907. The van der Waals surface area contributed by atoms with Crippen LogP contribution in [-0.4, -0.2) is 32.3 Å². The molecule has 1 aliphatic rings. The van der Waals surface area contributed by atoms with Gasteiger partial charge < -0.3 is 14.8 Å². The van der Waals surface area contributed by atoms with Crippen molar-refractivity contribution in [3.63, 3.8) is 0 Å². The Morgan fingerprint density at radius 3 is 2.84 bits per heavy atom. The minimum atomic E-state index is -0.0416. The average Bonchev–Trinajstić information content (AvgIpc) is 2.90. The molecule has 1 aliphatic heterocycles. The molecule has 4 nitrogen and oxygen atoms in total. The molecule has 0 aromatic heterocycles. The van der Waals surface area contributed by atoms with Crippen molar-refractivity contribution >= 4 is 5.91 Å². The fourth-order valence-electron chi connectivity index (χ4n) is 2.24. The molecule has 104 valence electrons. The molecule has 0 bridgehead atoms. The van der Waals surface area contributed by atoms with Gasteiger partial charge in [0.05, 0.1) is 19.8 Å². The number of amides is 1. The second kappa shape index (κ2) is 6.06. The summed E-state index contributed by atoms with van der Waals surface area (Å²) in [6.07, 6.45) is 0.888. The fraction of sp³-hybridized carbons (Fsp3) is 0.533. The second-order valence-electron chi connectivity index (χ2n) is 5.15. The Balaban J connectivity index is 2.15. The zero-order valence-corrected chi connectivity index (χ0v) is 11.7. The number of nitrogens with one attached hydrogen (secondary N) is 1. The van der Waals surface area contributed by atoms with E-state index in [1.54, 1.807) is 13.2 Å². The minimum Gasteiger partial charge on any atom is -0.496 e. The van der Waals surface area contributed by atoms with Gasteiger partial charge in [-0.05, 0) is 36.1 Å². The highest BCUT2D eigenvalue weighted by atomic mass is 16.5. The van der Waals surface area contributed by atoms with Crippen molar-refractivity contribution in [3.8, 4) is 5.75 Å². The van der Waals surface area contributed by atoms with Crippen LogP contribution in [0, 0.1) is 0 Å². The first-order valence-electron chi connectivity index (χ1n) is 6.68. The molecule has 0 spiro atoms. The van der Waals surface area contributed by atoms with E-state index in [0.717, 1.165) is 24.3 Å². The summed E-state index contributed by atoms with van der Waals surface area (Å²) < 4.78 is 10.6. The maximum absolute atomic E-state index is 12.2. The molecule has 1 atom stereocenters. The Morgan fingerprint density at radius 1 is 1.47 bits per heavy atom. The number of ether oxygens (including phenoxy) is 2. The molecule has 0 saturated carbocycles. The van der Waals surface area contributed by atoms with Gasteiger partial charge in [0.2, 0.25) is 0 Å². The summed E-state index contributed by atoms with van der Waals surface area (Å²) in [5, 5.41) is 2.99. The molecule has 1 amide bonds. The first-order chi connectivity index (χ1) is 9.11. The van der Waals surface area contributed by atoms with E-state index in [1.165, 1.54) is 0 Å². The maximum atomic E-state index is 12.2. The highest BCUT2D eigenvalue weighted by Crippen LogP contribution is 2.27. The summed E-state index contributed by atoms with van der Waals surface area (Å²) in [4.78, 5) is 12.2. The van der Waals surface area contributed by atoms with Crippen LogP contribution >= 0.6 is 0 Å². The van der Waals surface area contributed by atoms with Crippen LogP contribution in [0.5, 0.6) is 5.75 Å². The highest BCUT2D eigenvalue weighted by Gasteiger charge is 2.19. The summed E-state index contributed by atoms with van der Waals surface area (Å²) in [5.74, 6) is 1.10. The lowest BCUT2D eigenvalue weighted by molar-refractivity contribution is 0.0930. The third kappa shape index (κ3) is 3.26. The van der Waals surface area contributed by atoms with Gasteiger partial charge >= 0.3 is 0 Å². The number of methoxy groups -OCH3 is 1. The Morgan fingerprint density at radius 2 is 2.26 bits per heavy atom. The van der Waals surface area contributed by atoms with Gasteiger partial charge in [-0.1, -0.05) is 13.8 Å². The van der Waals surface area contributed by atoms with Crippen molar-refractivity contribution in [1.29, 1.82) is 0 Å². The summed E-state index contributed by atoms with van der Waals surface area (Å²) >= 11 is 0. The Hall–Kier alpha value is -1.55. The van der Waals surface area contributed by atoms with Crippen molar-refractivity contribution < 1.29 is 14.3 Å². The van der Waals surface area contributed by atoms with Crippen LogP contribution in [0.2, 0.25) is 0 Å². The lowest BCUT2D eigenvalue weighted by Gasteiger charge is -2.15. The van der Waals surface area contributed by atoms with E-state index in [9.17, 15) is 4.79 Å². The van der Waals surface area contributed by atoms with Crippen LogP contribution in [0.1, 0.15) is 42.1 Å². The number of rotatable bonds is 4. The first kappa shape index (κ1) is 13.9.